The molecule has 0 bridgehead atoms. The summed E-state index contributed by atoms with van der Waals surface area (Å²) in [6.07, 6.45) is -13.6. The lowest BCUT2D eigenvalue weighted by atomic mass is 9.76. The normalized spacial score (nSPS) is 43.2. The van der Waals surface area contributed by atoms with E-state index in [9.17, 15) is 58.2 Å². The van der Waals surface area contributed by atoms with Gasteiger partial charge in [0.1, 0.15) is 30.0 Å². The van der Waals surface area contributed by atoms with Gasteiger partial charge in [-0.3, -0.25) is 14.4 Å². The summed E-state index contributed by atoms with van der Waals surface area (Å²) in [7, 11) is 1.18. The Labute approximate surface area is 299 Å². The lowest BCUT2D eigenvalue weighted by Gasteiger charge is -2.47. The number of esters is 1. The molecule has 0 spiro atoms. The summed E-state index contributed by atoms with van der Waals surface area (Å²) < 4.78 is 70.4. The van der Waals surface area contributed by atoms with Crippen LogP contribution in [0.4, 0.5) is 13.2 Å². The molecular weight excluding hydrogens is 703 g/mol. The smallest absolute Gasteiger partial charge is 0.471 e. The van der Waals surface area contributed by atoms with Crippen molar-refractivity contribution in [2.45, 2.75) is 145 Å². The molecule has 2 saturated heterocycles. The Kier molecular flexibility index (Phi) is 12.8. The minimum atomic E-state index is -5.38. The van der Waals surface area contributed by atoms with Crippen LogP contribution in [0.3, 0.4) is 0 Å². The van der Waals surface area contributed by atoms with Crippen LogP contribution in [0.5, 0.6) is 0 Å². The summed E-state index contributed by atoms with van der Waals surface area (Å²) in [6, 6.07) is -1.77. The zero-order chi connectivity index (χ0) is 38.3. The number of rotatable bonds is 12. The number of aliphatic hydroxyl groups excluding tert-OH is 4. The predicted molar refractivity (Wildman–Crippen MR) is 169 cm³/mol. The number of aliphatic carboxylic acids is 1. The number of carboxylic acid groups (broad SMARTS) is 1. The Bertz CT molecular complexity index is 1270. The maximum Gasteiger partial charge on any atom is 0.471 e. The van der Waals surface area contributed by atoms with Crippen molar-refractivity contribution in [3.63, 3.8) is 0 Å². The molecule has 0 aromatic heterocycles. The van der Waals surface area contributed by atoms with Crippen molar-refractivity contribution in [3.8, 4) is 0 Å². The zero-order valence-electron chi connectivity index (χ0n) is 29.4. The molecule has 52 heavy (non-hydrogen) atoms. The van der Waals surface area contributed by atoms with E-state index in [0.717, 1.165) is 32.1 Å². The fraction of sp³-hybridized carbons (Fsp3) is 0.912. The van der Waals surface area contributed by atoms with Crippen molar-refractivity contribution in [1.82, 2.24) is 5.32 Å². The highest BCUT2D eigenvalue weighted by atomic mass is 19.4. The maximum absolute atomic E-state index is 13.8. The topological polar surface area (TPSA) is 231 Å². The zero-order valence-corrected chi connectivity index (χ0v) is 29.4. The van der Waals surface area contributed by atoms with E-state index in [2.05, 4.69) is 0 Å². The number of amides is 1. The third-order valence-electron chi connectivity index (χ3n) is 12.0. The minimum Gasteiger partial charge on any atom is -0.481 e. The number of fused-ring (bicyclic) bond motifs is 1. The number of hydrogen-bond donors (Lipinski definition) is 7. The molecule has 15 nitrogen and oxygen atoms in total. The molecule has 0 radical (unpaired) electrons. The summed E-state index contributed by atoms with van der Waals surface area (Å²) in [4.78, 5) is 38.0. The quantitative estimate of drug-likeness (QED) is 0.135. The van der Waals surface area contributed by atoms with Crippen LogP contribution in [0.25, 0.3) is 0 Å². The molecule has 1 amide bonds. The fourth-order valence-corrected chi connectivity index (χ4v) is 9.22. The predicted octanol–water partition coefficient (Wildman–Crippen LogP) is 0.606. The van der Waals surface area contributed by atoms with E-state index in [4.69, 9.17) is 23.7 Å². The number of carbonyl (C=O) groups excluding carboxylic acids is 2. The first-order valence-corrected chi connectivity index (χ1v) is 18.1. The average Bonchev–Trinajstić information content (AvgIpc) is 3.74. The highest BCUT2D eigenvalue weighted by molar-refractivity contribution is 5.82. The molecule has 5 aliphatic rings. The monoisotopic (exact) mass is 755 g/mol. The largest absolute Gasteiger partial charge is 0.481 e. The lowest BCUT2D eigenvalue weighted by Crippen LogP contribution is -2.62. The summed E-state index contributed by atoms with van der Waals surface area (Å²) in [6.45, 7) is 2.35. The van der Waals surface area contributed by atoms with E-state index >= 15 is 0 Å². The van der Waals surface area contributed by atoms with Crippen LogP contribution < -0.4 is 5.32 Å². The van der Waals surface area contributed by atoms with Crippen molar-refractivity contribution in [2.24, 2.45) is 35.5 Å². The highest BCUT2D eigenvalue weighted by Gasteiger charge is 2.78. The van der Waals surface area contributed by atoms with Crippen molar-refractivity contribution >= 4 is 17.8 Å². The number of aliphatic hydroxyl groups is 5. The first kappa shape index (κ1) is 41.0. The van der Waals surface area contributed by atoms with Gasteiger partial charge in [-0.1, -0.05) is 45.4 Å². The Morgan fingerprint density at radius 1 is 0.981 bits per heavy atom. The second-order valence-electron chi connectivity index (χ2n) is 15.1. The van der Waals surface area contributed by atoms with E-state index in [-0.39, 0.29) is 25.2 Å². The Hall–Kier alpha value is -2.16. The van der Waals surface area contributed by atoms with Gasteiger partial charge in [-0.25, -0.2) is 0 Å². The van der Waals surface area contributed by atoms with Gasteiger partial charge in [0.2, 0.25) is 0 Å². The van der Waals surface area contributed by atoms with Gasteiger partial charge < -0.3 is 59.6 Å². The number of alkyl halides is 3. The number of ether oxygens (including phenoxy) is 5. The van der Waals surface area contributed by atoms with E-state index in [1.165, 1.54) is 14.0 Å². The van der Waals surface area contributed by atoms with E-state index in [1.807, 2.05) is 5.32 Å². The summed E-state index contributed by atoms with van der Waals surface area (Å²) >= 11 is 0. The van der Waals surface area contributed by atoms with Crippen molar-refractivity contribution in [3.05, 3.63) is 0 Å². The van der Waals surface area contributed by atoms with Crippen molar-refractivity contribution in [1.29, 1.82) is 0 Å². The Balaban J connectivity index is 1.49. The first-order chi connectivity index (χ1) is 24.5. The van der Waals surface area contributed by atoms with Crippen LogP contribution in [0.1, 0.15) is 71.6 Å². The molecule has 7 N–H and O–H groups in total. The van der Waals surface area contributed by atoms with E-state index in [1.54, 1.807) is 6.92 Å². The summed E-state index contributed by atoms with van der Waals surface area (Å²) in [5, 5.41) is 65.9. The SMILES string of the molecule is CCC1CC(C(=O)OC)C[C@@H](O[C@@H]2OC(CO)[C@]3(O)C(C2NC(=O)C(F)(F)F)C3[C@@H](CC2CCCCC2)C(=O)O)C1OC1O[C@@H](C)C(O)C(O)[C@@H]1O. The summed E-state index contributed by atoms with van der Waals surface area (Å²) in [5.74, 6) is -9.44. The standard InChI is InChI=1S/C34H52F3NO14/c1-4-16-11-17(29(45)48-3)12-19(27(16)52-31-26(42)25(41)24(40)14(2)49-31)50-30-23(38-32(46)34(35,36)37)22-21(33(22,47)20(13-39)51-30)18(28(43)44)10-15-8-6-5-7-9-15/h14-27,30-31,39-42,47H,4-13H2,1-3H3,(H,38,46)(H,43,44)/t14-,16?,17?,18+,19+,20?,21?,22?,23?,24?,25?,26-,27?,30+,31?,33+/m0/s1. The molecular formula is C34H52F3NO14. The van der Waals surface area contributed by atoms with Gasteiger partial charge in [-0.15, -0.1) is 0 Å². The van der Waals surface area contributed by atoms with Crippen LogP contribution in [0.15, 0.2) is 0 Å². The van der Waals surface area contributed by atoms with Gasteiger partial charge >= 0.3 is 24.0 Å². The van der Waals surface area contributed by atoms with Crippen LogP contribution in [0, 0.1) is 35.5 Å². The molecule has 298 valence electrons. The third kappa shape index (κ3) is 8.10. The first-order valence-electron chi connectivity index (χ1n) is 18.1. The van der Waals surface area contributed by atoms with Crippen molar-refractivity contribution in [2.75, 3.05) is 13.7 Å². The van der Waals surface area contributed by atoms with Crippen LogP contribution in [-0.2, 0) is 38.1 Å². The number of carbonyl (C=O) groups is 3. The average molecular weight is 756 g/mol. The minimum absolute atomic E-state index is 0.00838. The number of nitrogens with one attached hydrogen (secondary N) is 1. The number of halogens is 3. The molecule has 5 fully saturated rings. The number of hydrogen-bond acceptors (Lipinski definition) is 13. The van der Waals surface area contributed by atoms with Gasteiger partial charge in [0.05, 0.1) is 49.9 Å². The lowest BCUT2D eigenvalue weighted by molar-refractivity contribution is -0.333. The highest BCUT2D eigenvalue weighted by Crippen LogP contribution is 2.63. The molecule has 2 aliphatic heterocycles. The van der Waals surface area contributed by atoms with Crippen LogP contribution in [0.2, 0.25) is 0 Å². The second-order valence-corrected chi connectivity index (χ2v) is 15.1. The maximum atomic E-state index is 13.8. The molecule has 2 heterocycles. The number of carboxylic acids is 1. The van der Waals surface area contributed by atoms with Gasteiger partial charge in [-0.2, -0.15) is 13.2 Å². The van der Waals surface area contributed by atoms with Gasteiger partial charge in [0.25, 0.3) is 0 Å². The van der Waals surface area contributed by atoms with Gasteiger partial charge in [0.15, 0.2) is 12.6 Å². The molecule has 0 aromatic carbocycles. The van der Waals surface area contributed by atoms with E-state index in [0.29, 0.717) is 6.42 Å². The third-order valence-corrected chi connectivity index (χ3v) is 12.0. The van der Waals surface area contributed by atoms with Crippen molar-refractivity contribution < 1.29 is 81.9 Å². The van der Waals surface area contributed by atoms with Crippen LogP contribution >= 0.6 is 0 Å². The number of methoxy groups -OCH3 is 1. The molecule has 10 unspecified atom stereocenters. The van der Waals surface area contributed by atoms with Crippen LogP contribution in [-0.4, -0.2) is 135 Å². The molecule has 18 heteroatoms. The molecule has 5 rings (SSSR count). The summed E-state index contributed by atoms with van der Waals surface area (Å²) in [5.41, 5.74) is -2.13. The van der Waals surface area contributed by atoms with Gasteiger partial charge in [0, 0.05) is 11.8 Å². The molecule has 16 atom stereocenters. The van der Waals surface area contributed by atoms with E-state index < -0.39 is 127 Å². The molecule has 3 saturated carbocycles. The molecule has 3 aliphatic carbocycles. The van der Waals surface area contributed by atoms with Gasteiger partial charge in [-0.05, 0) is 38.0 Å². The fourth-order valence-electron chi connectivity index (χ4n) is 9.22. The Morgan fingerprint density at radius 2 is 1.65 bits per heavy atom. The Morgan fingerprint density at radius 3 is 2.23 bits per heavy atom. The second kappa shape index (κ2) is 16.3. The molecule has 0 aromatic rings.